The molecule has 0 aromatic carbocycles. The Hall–Kier alpha value is -3.61. The SMILES string of the molecule is C1CCC(NC2CCCCC2)CC1.C=CCOC(=O)NC(=NCCC[C@H](NC(=O)OC(C)(C)C)C(=O)O)NC(=O)OCC=C. The number of hydrogen-bond acceptors (Lipinski definition) is 9. The minimum absolute atomic E-state index is 0.0125. The van der Waals surface area contributed by atoms with Crippen molar-refractivity contribution in [3.05, 3.63) is 25.3 Å². The zero-order valence-corrected chi connectivity index (χ0v) is 26.7. The maximum atomic E-state index is 11.8. The Balaban J connectivity index is 0.000000607. The molecule has 1 atom stereocenters. The predicted octanol–water partition coefficient (Wildman–Crippen LogP) is 5.17. The lowest BCUT2D eigenvalue weighted by Crippen LogP contribution is -2.45. The molecule has 13 heteroatoms. The van der Waals surface area contributed by atoms with Crippen molar-refractivity contribution in [1.82, 2.24) is 21.3 Å². The summed E-state index contributed by atoms with van der Waals surface area (Å²) in [5.74, 6) is -1.50. The zero-order valence-electron chi connectivity index (χ0n) is 26.7. The van der Waals surface area contributed by atoms with Crippen molar-refractivity contribution in [1.29, 1.82) is 0 Å². The standard InChI is InChI=1S/C19H30N4O8.C12H23N/c1-6-11-29-16(26)22-15(23-17(27)30-12-7-2)20-10-8-9-13(14(24)25)21-18(28)31-19(3,4)5;1-3-7-11(8-4-1)13-12-9-5-2-6-10-12/h6-7,13H,1-2,8-12H2,3-5H3,(H,21,28)(H,24,25)(H2,20,22,23,26,27);11-13H,1-10H2/t13-;/m0./s1. The first kappa shape index (κ1) is 38.4. The minimum atomic E-state index is -1.24. The van der Waals surface area contributed by atoms with Crippen LogP contribution < -0.4 is 21.3 Å². The van der Waals surface area contributed by atoms with E-state index in [1.54, 1.807) is 20.8 Å². The summed E-state index contributed by atoms with van der Waals surface area (Å²) >= 11 is 0. The molecule has 2 fully saturated rings. The molecule has 0 aliphatic heterocycles. The fraction of sp³-hybridized carbons (Fsp3) is 0.710. The quantitative estimate of drug-likeness (QED) is 0.0645. The summed E-state index contributed by atoms with van der Waals surface area (Å²) in [6, 6.07) is 0.540. The van der Waals surface area contributed by atoms with Crippen LogP contribution in [0.1, 0.15) is 97.8 Å². The first-order chi connectivity index (χ1) is 20.9. The van der Waals surface area contributed by atoms with Gasteiger partial charge < -0.3 is 30.0 Å². The van der Waals surface area contributed by atoms with Crippen LogP contribution in [0.25, 0.3) is 0 Å². The van der Waals surface area contributed by atoms with Gasteiger partial charge in [-0.1, -0.05) is 63.8 Å². The molecule has 0 bridgehead atoms. The van der Waals surface area contributed by atoms with E-state index in [0.29, 0.717) is 0 Å². The van der Waals surface area contributed by atoms with Crippen LogP contribution in [0.2, 0.25) is 0 Å². The average Bonchev–Trinajstić information content (AvgIpc) is 2.96. The molecule has 2 rings (SSSR count). The van der Waals surface area contributed by atoms with E-state index in [1.807, 2.05) is 0 Å². The number of nitrogens with one attached hydrogen (secondary N) is 4. The van der Waals surface area contributed by atoms with E-state index in [4.69, 9.17) is 14.2 Å². The number of ether oxygens (including phenoxy) is 3. The van der Waals surface area contributed by atoms with E-state index in [9.17, 15) is 24.3 Å². The van der Waals surface area contributed by atoms with Gasteiger partial charge in [-0.15, -0.1) is 0 Å². The van der Waals surface area contributed by atoms with Crippen LogP contribution in [-0.4, -0.2) is 78.8 Å². The number of hydrogen-bond donors (Lipinski definition) is 5. The number of carboxylic acid groups (broad SMARTS) is 1. The van der Waals surface area contributed by atoms with Gasteiger partial charge in [-0.2, -0.15) is 0 Å². The summed E-state index contributed by atoms with van der Waals surface area (Å²) in [6.07, 6.45) is 14.8. The Morgan fingerprint density at radius 1 is 0.841 bits per heavy atom. The van der Waals surface area contributed by atoms with Gasteiger partial charge in [0.05, 0.1) is 0 Å². The Morgan fingerprint density at radius 2 is 1.32 bits per heavy atom. The molecule has 0 heterocycles. The van der Waals surface area contributed by atoms with Gasteiger partial charge in [-0.25, -0.2) is 19.2 Å². The fourth-order valence-electron chi connectivity index (χ4n) is 4.71. The molecular formula is C31H53N5O8. The Labute approximate surface area is 261 Å². The van der Waals surface area contributed by atoms with Crippen LogP contribution in [0, 0.1) is 0 Å². The smallest absolute Gasteiger partial charge is 0.414 e. The zero-order chi connectivity index (χ0) is 32.8. The van der Waals surface area contributed by atoms with Crippen molar-refractivity contribution in [3.8, 4) is 0 Å². The van der Waals surface area contributed by atoms with Gasteiger partial charge in [0.1, 0.15) is 24.9 Å². The van der Waals surface area contributed by atoms with Crippen molar-refractivity contribution in [2.24, 2.45) is 4.99 Å². The molecule has 0 spiro atoms. The highest BCUT2D eigenvalue weighted by Gasteiger charge is 2.24. The average molecular weight is 624 g/mol. The molecular weight excluding hydrogens is 570 g/mol. The van der Waals surface area contributed by atoms with Crippen LogP contribution in [0.5, 0.6) is 0 Å². The minimum Gasteiger partial charge on any atom is -0.480 e. The van der Waals surface area contributed by atoms with Crippen molar-refractivity contribution < 1.29 is 38.5 Å². The molecule has 44 heavy (non-hydrogen) atoms. The van der Waals surface area contributed by atoms with Crippen molar-refractivity contribution in [3.63, 3.8) is 0 Å². The van der Waals surface area contributed by atoms with Gasteiger partial charge in [0.15, 0.2) is 0 Å². The van der Waals surface area contributed by atoms with Crippen molar-refractivity contribution in [2.45, 2.75) is 122 Å². The molecule has 2 aliphatic carbocycles. The fourth-order valence-corrected chi connectivity index (χ4v) is 4.71. The summed E-state index contributed by atoms with van der Waals surface area (Å²) < 4.78 is 14.5. The van der Waals surface area contributed by atoms with Gasteiger partial charge >= 0.3 is 24.2 Å². The molecule has 0 aromatic heterocycles. The van der Waals surface area contributed by atoms with Gasteiger partial charge in [-0.3, -0.25) is 15.6 Å². The molecule has 0 saturated heterocycles. The van der Waals surface area contributed by atoms with Crippen LogP contribution in [-0.2, 0) is 19.0 Å². The first-order valence-electron chi connectivity index (χ1n) is 15.6. The van der Waals surface area contributed by atoms with Gasteiger partial charge in [-0.05, 0) is 59.3 Å². The second-order valence-corrected chi connectivity index (χ2v) is 11.8. The number of guanidine groups is 1. The second-order valence-electron chi connectivity index (χ2n) is 11.8. The largest absolute Gasteiger partial charge is 0.480 e. The highest BCUT2D eigenvalue weighted by Crippen LogP contribution is 2.22. The van der Waals surface area contributed by atoms with E-state index in [2.05, 4.69) is 39.4 Å². The lowest BCUT2D eigenvalue weighted by molar-refractivity contribution is -0.139. The molecule has 2 saturated carbocycles. The van der Waals surface area contributed by atoms with E-state index in [-0.39, 0.29) is 38.6 Å². The van der Waals surface area contributed by atoms with E-state index in [0.717, 1.165) is 12.1 Å². The van der Waals surface area contributed by atoms with E-state index < -0.39 is 35.9 Å². The third-order valence-electron chi connectivity index (χ3n) is 6.70. The number of carbonyl (C=O) groups excluding carboxylic acids is 3. The van der Waals surface area contributed by atoms with Crippen molar-refractivity contribution in [2.75, 3.05) is 19.8 Å². The number of aliphatic carboxylic acids is 1. The number of rotatable bonds is 12. The maximum Gasteiger partial charge on any atom is 0.414 e. The van der Waals surface area contributed by atoms with E-state index in [1.165, 1.54) is 76.4 Å². The maximum absolute atomic E-state index is 11.8. The Bertz CT molecular complexity index is 894. The summed E-state index contributed by atoms with van der Waals surface area (Å²) in [6.45, 7) is 11.7. The topological polar surface area (TPSA) is 177 Å². The van der Waals surface area contributed by atoms with Crippen LogP contribution in [0.15, 0.2) is 30.3 Å². The van der Waals surface area contributed by atoms with Crippen LogP contribution in [0.3, 0.4) is 0 Å². The summed E-state index contributed by atoms with van der Waals surface area (Å²) in [4.78, 5) is 50.4. The Morgan fingerprint density at radius 3 is 1.73 bits per heavy atom. The number of carbonyl (C=O) groups is 4. The molecule has 0 unspecified atom stereocenters. The van der Waals surface area contributed by atoms with Crippen LogP contribution in [0.4, 0.5) is 14.4 Å². The van der Waals surface area contributed by atoms with Gasteiger partial charge in [0.2, 0.25) is 5.96 Å². The van der Waals surface area contributed by atoms with Gasteiger partial charge in [0.25, 0.3) is 0 Å². The highest BCUT2D eigenvalue weighted by molar-refractivity contribution is 6.01. The lowest BCUT2D eigenvalue weighted by atomic mass is 9.91. The third kappa shape index (κ3) is 19.6. The molecule has 13 nitrogen and oxygen atoms in total. The monoisotopic (exact) mass is 623 g/mol. The Kier molecular flexibility index (Phi) is 19.2. The first-order valence-corrected chi connectivity index (χ1v) is 15.6. The lowest BCUT2D eigenvalue weighted by Gasteiger charge is -2.30. The number of aliphatic imine (C=N–C) groups is 1. The summed E-state index contributed by atoms with van der Waals surface area (Å²) in [7, 11) is 0. The summed E-state index contributed by atoms with van der Waals surface area (Å²) in [5, 5.41) is 19.8. The highest BCUT2D eigenvalue weighted by atomic mass is 16.6. The van der Waals surface area contributed by atoms with Crippen molar-refractivity contribution >= 4 is 30.2 Å². The summed E-state index contributed by atoms with van der Waals surface area (Å²) in [5.41, 5.74) is -0.774. The number of amides is 3. The number of alkyl carbamates (subject to hydrolysis) is 3. The molecule has 0 aromatic rings. The third-order valence-corrected chi connectivity index (χ3v) is 6.70. The molecule has 2 aliphatic rings. The molecule has 3 amide bonds. The second kappa shape index (κ2) is 22.0. The normalized spacial score (nSPS) is 16.1. The predicted molar refractivity (Wildman–Crippen MR) is 169 cm³/mol. The molecule has 250 valence electrons. The van der Waals surface area contributed by atoms with E-state index >= 15 is 0 Å². The number of carboxylic acids is 1. The molecule has 5 N–H and O–H groups in total. The van der Waals surface area contributed by atoms with Crippen LogP contribution >= 0.6 is 0 Å². The molecule has 0 radical (unpaired) electrons. The van der Waals surface area contributed by atoms with Gasteiger partial charge in [0, 0.05) is 18.6 Å². The number of nitrogens with zero attached hydrogens (tertiary/aromatic N) is 1.